The molecule has 0 N–H and O–H groups in total. The van der Waals surface area contributed by atoms with Crippen LogP contribution in [-0.4, -0.2) is 12.1 Å². The minimum atomic E-state index is 0.420. The second-order valence-corrected chi connectivity index (χ2v) is 7.17. The maximum Gasteiger partial charge on any atom is 0.131 e. The summed E-state index contributed by atoms with van der Waals surface area (Å²) in [6, 6.07) is 10.2. The van der Waals surface area contributed by atoms with Crippen LogP contribution >= 0.6 is 0 Å². The third-order valence-electron chi connectivity index (χ3n) is 5.21. The third kappa shape index (κ3) is 4.40. The van der Waals surface area contributed by atoms with Crippen molar-refractivity contribution in [2.24, 2.45) is 21.8 Å². The number of rotatable bonds is 1. The van der Waals surface area contributed by atoms with Gasteiger partial charge in [0.25, 0.3) is 0 Å². The van der Waals surface area contributed by atoms with E-state index >= 15 is 0 Å². The highest BCUT2D eigenvalue weighted by Gasteiger charge is 2.18. The van der Waals surface area contributed by atoms with E-state index in [0.29, 0.717) is 5.92 Å². The van der Waals surface area contributed by atoms with Crippen LogP contribution in [0.25, 0.3) is 0 Å². The number of aliphatic imine (C=N–C) groups is 2. The van der Waals surface area contributed by atoms with Crippen LogP contribution < -0.4 is 0 Å². The largest absolute Gasteiger partial charge is 0.241 e. The van der Waals surface area contributed by atoms with Gasteiger partial charge in [-0.05, 0) is 62.1 Å². The highest BCUT2D eigenvalue weighted by molar-refractivity contribution is 5.97. The van der Waals surface area contributed by atoms with Crippen LogP contribution in [0.2, 0.25) is 0 Å². The Labute approximate surface area is 140 Å². The molecule has 0 bridgehead atoms. The number of benzene rings is 1. The number of allylic oxidation sites excluding steroid dienone is 2. The van der Waals surface area contributed by atoms with E-state index in [4.69, 9.17) is 9.98 Å². The quantitative estimate of drug-likeness (QED) is 0.597. The van der Waals surface area contributed by atoms with Crippen LogP contribution in [0.3, 0.4) is 0 Å². The van der Waals surface area contributed by atoms with Gasteiger partial charge in [0, 0.05) is 12.1 Å². The van der Waals surface area contributed by atoms with Crippen LogP contribution in [0.4, 0.5) is 5.69 Å². The van der Waals surface area contributed by atoms with Gasteiger partial charge in [0.1, 0.15) is 5.84 Å². The second kappa shape index (κ2) is 7.72. The first-order valence-electron chi connectivity index (χ1n) is 9.11. The van der Waals surface area contributed by atoms with Crippen LogP contribution in [0.1, 0.15) is 58.8 Å². The second-order valence-electron chi connectivity index (χ2n) is 7.17. The molecule has 1 aromatic rings. The Bertz CT molecular complexity index is 610. The highest BCUT2D eigenvalue weighted by atomic mass is 14.9. The van der Waals surface area contributed by atoms with Gasteiger partial charge in [-0.2, -0.15) is 0 Å². The predicted octanol–water partition coefficient (Wildman–Crippen LogP) is 6.11. The molecular weight excluding hydrogens is 280 g/mol. The average molecular weight is 308 g/mol. The number of nitrogens with zero attached hydrogens (tertiary/aromatic N) is 2. The summed E-state index contributed by atoms with van der Waals surface area (Å²) < 4.78 is 0. The SMILES string of the molecule is CC1CCCC2=C(CC1)CCC(C)C(=Nc1ccccc1)N=C2. The van der Waals surface area contributed by atoms with Crippen molar-refractivity contribution in [1.29, 1.82) is 0 Å². The van der Waals surface area contributed by atoms with E-state index in [-0.39, 0.29) is 0 Å². The number of hydrogen-bond acceptors (Lipinski definition) is 1. The van der Waals surface area contributed by atoms with E-state index in [0.717, 1.165) is 23.9 Å². The zero-order chi connectivity index (χ0) is 16.1. The Kier molecular flexibility index (Phi) is 5.43. The number of hydrogen-bond donors (Lipinski definition) is 0. The van der Waals surface area contributed by atoms with Crippen molar-refractivity contribution < 1.29 is 0 Å². The molecule has 122 valence electrons. The molecule has 1 heterocycles. The molecule has 0 saturated heterocycles. The Balaban J connectivity index is 1.86. The summed E-state index contributed by atoms with van der Waals surface area (Å²) in [5.74, 6) is 2.28. The molecule has 1 aromatic carbocycles. The maximum absolute atomic E-state index is 4.80. The van der Waals surface area contributed by atoms with Gasteiger partial charge < -0.3 is 0 Å². The van der Waals surface area contributed by atoms with Gasteiger partial charge in [-0.1, -0.05) is 44.0 Å². The molecule has 2 heteroatoms. The van der Waals surface area contributed by atoms with Gasteiger partial charge in [0.05, 0.1) is 5.69 Å². The van der Waals surface area contributed by atoms with Gasteiger partial charge in [-0.15, -0.1) is 0 Å². The van der Waals surface area contributed by atoms with E-state index in [1.165, 1.54) is 44.1 Å². The lowest BCUT2D eigenvalue weighted by atomic mass is 9.85. The topological polar surface area (TPSA) is 24.7 Å². The first-order chi connectivity index (χ1) is 11.2. The molecule has 3 rings (SSSR count). The van der Waals surface area contributed by atoms with Gasteiger partial charge in [-0.3, -0.25) is 0 Å². The molecule has 23 heavy (non-hydrogen) atoms. The van der Waals surface area contributed by atoms with E-state index in [2.05, 4.69) is 32.2 Å². The molecule has 2 unspecified atom stereocenters. The van der Waals surface area contributed by atoms with Gasteiger partial charge >= 0.3 is 0 Å². The van der Waals surface area contributed by atoms with Crippen molar-refractivity contribution in [3.63, 3.8) is 0 Å². The molecule has 0 amide bonds. The molecular formula is C21H28N2. The smallest absolute Gasteiger partial charge is 0.131 e. The molecule has 0 saturated carbocycles. The zero-order valence-electron chi connectivity index (χ0n) is 14.5. The van der Waals surface area contributed by atoms with Crippen molar-refractivity contribution in [2.45, 2.75) is 58.8 Å². The molecule has 2 atom stereocenters. The average Bonchev–Trinajstić information content (AvgIpc) is 2.55. The zero-order valence-corrected chi connectivity index (χ0v) is 14.5. The normalized spacial score (nSPS) is 27.8. The fraction of sp³-hybridized carbons (Fsp3) is 0.524. The Hall–Kier alpha value is -1.70. The Morgan fingerprint density at radius 2 is 1.74 bits per heavy atom. The van der Waals surface area contributed by atoms with E-state index in [1.807, 2.05) is 18.2 Å². The summed E-state index contributed by atoms with van der Waals surface area (Å²) in [4.78, 5) is 9.59. The predicted molar refractivity (Wildman–Crippen MR) is 99.7 cm³/mol. The molecule has 2 nitrogen and oxygen atoms in total. The molecule has 1 aliphatic carbocycles. The van der Waals surface area contributed by atoms with Gasteiger partial charge in [-0.25, -0.2) is 9.98 Å². The third-order valence-corrected chi connectivity index (χ3v) is 5.21. The van der Waals surface area contributed by atoms with Crippen LogP contribution in [-0.2, 0) is 0 Å². The van der Waals surface area contributed by atoms with E-state index in [9.17, 15) is 0 Å². The molecule has 0 fully saturated rings. The van der Waals surface area contributed by atoms with Crippen LogP contribution in [0.5, 0.6) is 0 Å². The van der Waals surface area contributed by atoms with Crippen molar-refractivity contribution >= 4 is 17.7 Å². The van der Waals surface area contributed by atoms with Crippen LogP contribution in [0.15, 0.2) is 51.5 Å². The van der Waals surface area contributed by atoms with Crippen molar-refractivity contribution in [2.75, 3.05) is 0 Å². The molecule has 2 aliphatic rings. The molecule has 1 aliphatic heterocycles. The van der Waals surface area contributed by atoms with E-state index in [1.54, 1.807) is 5.57 Å². The van der Waals surface area contributed by atoms with Crippen LogP contribution in [0, 0.1) is 11.8 Å². The maximum atomic E-state index is 4.80. The van der Waals surface area contributed by atoms with Gasteiger partial charge in [0.15, 0.2) is 0 Å². The first-order valence-corrected chi connectivity index (χ1v) is 9.11. The fourth-order valence-electron chi connectivity index (χ4n) is 3.55. The first kappa shape index (κ1) is 16.2. The summed E-state index contributed by atoms with van der Waals surface area (Å²) in [5.41, 5.74) is 4.16. The summed E-state index contributed by atoms with van der Waals surface area (Å²) >= 11 is 0. The lowest BCUT2D eigenvalue weighted by molar-refractivity contribution is 0.457. The minimum absolute atomic E-state index is 0.420. The summed E-state index contributed by atoms with van der Waals surface area (Å²) in [7, 11) is 0. The van der Waals surface area contributed by atoms with Crippen molar-refractivity contribution in [1.82, 2.24) is 0 Å². The summed E-state index contributed by atoms with van der Waals surface area (Å²) in [6.07, 6.45) is 10.9. The monoisotopic (exact) mass is 308 g/mol. The molecule has 0 aromatic heterocycles. The summed E-state index contributed by atoms with van der Waals surface area (Å²) in [5, 5.41) is 0. The van der Waals surface area contributed by atoms with Crippen molar-refractivity contribution in [3.05, 3.63) is 41.5 Å². The van der Waals surface area contributed by atoms with Gasteiger partial charge in [0.2, 0.25) is 0 Å². The Morgan fingerprint density at radius 1 is 0.957 bits per heavy atom. The standard InChI is InChI=1S/C21H28N2/c1-16-7-6-8-19-15-22-21(23-20-9-4-3-5-10-20)17(2)12-14-18(19)13-11-16/h3-5,9-10,15-17H,6-8,11-14H2,1-2H3. The number of para-hydroxylation sites is 1. The lowest BCUT2D eigenvalue weighted by Gasteiger charge is -2.23. The fourth-order valence-corrected chi connectivity index (χ4v) is 3.55. The Morgan fingerprint density at radius 3 is 2.57 bits per heavy atom. The molecule has 0 spiro atoms. The highest BCUT2D eigenvalue weighted by Crippen LogP contribution is 2.31. The number of amidine groups is 1. The summed E-state index contributed by atoms with van der Waals surface area (Å²) in [6.45, 7) is 4.66. The molecule has 0 radical (unpaired) electrons. The minimum Gasteiger partial charge on any atom is -0.241 e. The van der Waals surface area contributed by atoms with E-state index < -0.39 is 0 Å². The van der Waals surface area contributed by atoms with Crippen molar-refractivity contribution in [3.8, 4) is 0 Å². The lowest BCUT2D eigenvalue weighted by Crippen LogP contribution is -2.14.